The number of likely N-dealkylation sites (N-methyl/N-ethyl adjacent to an activating group) is 1. The summed E-state index contributed by atoms with van der Waals surface area (Å²) in [5.74, 6) is 0.694. The van der Waals surface area contributed by atoms with Gasteiger partial charge in [0.05, 0.1) is 12.6 Å². The molecule has 1 unspecified atom stereocenters. The number of thioether (sulfide) groups is 1. The fourth-order valence-electron chi connectivity index (χ4n) is 3.80. The van der Waals surface area contributed by atoms with Gasteiger partial charge in [-0.2, -0.15) is 0 Å². The van der Waals surface area contributed by atoms with E-state index >= 15 is 0 Å². The molecule has 2 N–H and O–H groups in total. The molecule has 208 valence electrons. The van der Waals surface area contributed by atoms with Crippen molar-refractivity contribution in [1.29, 1.82) is 0 Å². The van der Waals surface area contributed by atoms with Gasteiger partial charge in [-0.15, -0.1) is 0 Å². The van der Waals surface area contributed by atoms with E-state index in [0.29, 0.717) is 18.0 Å². The minimum Gasteiger partial charge on any atom is -0.461 e. The van der Waals surface area contributed by atoms with Gasteiger partial charge in [0.25, 0.3) is 0 Å². The second-order valence-electron chi connectivity index (χ2n) is 9.71. The molecule has 0 saturated carbocycles. The van der Waals surface area contributed by atoms with E-state index in [2.05, 4.69) is 9.97 Å². The van der Waals surface area contributed by atoms with Crippen LogP contribution < -0.4 is 15.5 Å². The second-order valence-corrected chi connectivity index (χ2v) is 10.8. The normalized spacial score (nSPS) is 11.8. The molecule has 0 bridgehead atoms. The van der Waals surface area contributed by atoms with Crippen molar-refractivity contribution in [1.82, 2.24) is 14.9 Å². The molecule has 0 aliphatic carbocycles. The SMILES string of the molecule is CCCSc1nc(N)c(N(C)C(=O)N(C)C(CC(C)C)C(=O)OC(C)C)c(N(C=O)Cc2ccccc2)n1. The van der Waals surface area contributed by atoms with Crippen LogP contribution in [0.5, 0.6) is 0 Å². The average molecular weight is 545 g/mol. The molecule has 38 heavy (non-hydrogen) atoms. The Labute approximate surface area is 229 Å². The van der Waals surface area contributed by atoms with Crippen LogP contribution in [0.1, 0.15) is 53.0 Å². The first-order chi connectivity index (χ1) is 18.0. The zero-order valence-corrected chi connectivity index (χ0v) is 24.2. The number of nitrogen functional groups attached to an aromatic ring is 1. The van der Waals surface area contributed by atoms with Crippen LogP contribution in [0.2, 0.25) is 0 Å². The maximum atomic E-state index is 13.7. The summed E-state index contributed by atoms with van der Waals surface area (Å²) in [6.45, 7) is 9.74. The van der Waals surface area contributed by atoms with E-state index in [1.807, 2.05) is 51.1 Å². The van der Waals surface area contributed by atoms with Crippen molar-refractivity contribution < 1.29 is 19.1 Å². The number of carbonyl (C=O) groups excluding carboxylic acids is 3. The molecule has 11 heteroatoms. The van der Waals surface area contributed by atoms with Crippen molar-refractivity contribution in [3.63, 3.8) is 0 Å². The lowest BCUT2D eigenvalue weighted by Crippen LogP contribution is -2.50. The van der Waals surface area contributed by atoms with Crippen LogP contribution in [-0.2, 0) is 20.9 Å². The summed E-state index contributed by atoms with van der Waals surface area (Å²) >= 11 is 1.42. The Kier molecular flexibility index (Phi) is 11.8. The third-order valence-corrected chi connectivity index (χ3v) is 6.67. The molecule has 0 saturated heterocycles. The molecule has 1 atom stereocenters. The van der Waals surface area contributed by atoms with Gasteiger partial charge in [-0.05, 0) is 38.2 Å². The Morgan fingerprint density at radius 1 is 1.11 bits per heavy atom. The Hall–Kier alpha value is -3.34. The highest BCUT2D eigenvalue weighted by Gasteiger charge is 2.34. The third kappa shape index (κ3) is 8.34. The number of urea groups is 1. The Bertz CT molecular complexity index is 1080. The maximum absolute atomic E-state index is 13.7. The van der Waals surface area contributed by atoms with Gasteiger partial charge in [-0.1, -0.05) is 62.9 Å². The number of nitrogens with zero attached hydrogens (tertiary/aromatic N) is 5. The highest BCUT2D eigenvalue weighted by molar-refractivity contribution is 7.99. The monoisotopic (exact) mass is 544 g/mol. The quantitative estimate of drug-likeness (QED) is 0.168. The highest BCUT2D eigenvalue weighted by atomic mass is 32.2. The summed E-state index contributed by atoms with van der Waals surface area (Å²) in [5.41, 5.74) is 7.46. The summed E-state index contributed by atoms with van der Waals surface area (Å²) in [4.78, 5) is 52.0. The molecule has 3 amide bonds. The van der Waals surface area contributed by atoms with Gasteiger partial charge >= 0.3 is 12.0 Å². The van der Waals surface area contributed by atoms with Gasteiger partial charge in [-0.3, -0.25) is 14.6 Å². The number of rotatable bonds is 13. The second kappa shape index (κ2) is 14.6. The molecular formula is C27H40N6O4S. The Morgan fingerprint density at radius 3 is 2.32 bits per heavy atom. The number of nitrogens with two attached hydrogens (primary N) is 1. The number of hydrogen-bond acceptors (Lipinski definition) is 8. The summed E-state index contributed by atoms with van der Waals surface area (Å²) in [5, 5.41) is 0.412. The molecule has 1 aromatic carbocycles. The largest absolute Gasteiger partial charge is 0.461 e. The van der Waals surface area contributed by atoms with E-state index in [9.17, 15) is 14.4 Å². The van der Waals surface area contributed by atoms with E-state index in [1.54, 1.807) is 20.9 Å². The molecule has 0 spiro atoms. The number of carbonyl (C=O) groups is 3. The van der Waals surface area contributed by atoms with Crippen LogP contribution in [0.3, 0.4) is 0 Å². The van der Waals surface area contributed by atoms with E-state index < -0.39 is 18.0 Å². The number of hydrogen-bond donors (Lipinski definition) is 1. The van der Waals surface area contributed by atoms with Crippen molar-refractivity contribution in [2.24, 2.45) is 5.92 Å². The molecule has 0 fully saturated rings. The topological polar surface area (TPSA) is 122 Å². The van der Waals surface area contributed by atoms with Gasteiger partial charge in [0.1, 0.15) is 11.7 Å². The van der Waals surface area contributed by atoms with E-state index in [4.69, 9.17) is 10.5 Å². The summed E-state index contributed by atoms with van der Waals surface area (Å²) < 4.78 is 5.43. The molecular weight excluding hydrogens is 504 g/mol. The minimum absolute atomic E-state index is 0.0583. The molecule has 2 rings (SSSR count). The lowest BCUT2D eigenvalue weighted by molar-refractivity contribution is -0.153. The standard InChI is InChI=1S/C27H40N6O4S/c1-8-14-38-26-29-23(28)22(24(30-26)33(17-34)16-20-12-10-9-11-13-20)32(7)27(36)31(6)21(15-18(2)3)25(35)37-19(4)5/h9-13,17-19,21H,8,14-16H2,1-7H3,(H2,28,29,30). The van der Waals surface area contributed by atoms with Crippen molar-refractivity contribution in [3.8, 4) is 0 Å². The van der Waals surface area contributed by atoms with Crippen molar-refractivity contribution >= 4 is 47.5 Å². The minimum atomic E-state index is -0.802. The highest BCUT2D eigenvalue weighted by Crippen LogP contribution is 2.35. The molecule has 1 heterocycles. The molecule has 0 aliphatic rings. The molecule has 1 aromatic heterocycles. The summed E-state index contributed by atoms with van der Waals surface area (Å²) in [6.07, 6.45) is 1.66. The van der Waals surface area contributed by atoms with Gasteiger partial charge in [0, 0.05) is 19.8 Å². The van der Waals surface area contributed by atoms with Gasteiger partial charge < -0.3 is 15.4 Å². The molecule has 0 aliphatic heterocycles. The van der Waals surface area contributed by atoms with Gasteiger partial charge in [0.2, 0.25) is 6.41 Å². The van der Waals surface area contributed by atoms with Crippen LogP contribution in [0, 0.1) is 5.92 Å². The predicted molar refractivity (Wildman–Crippen MR) is 152 cm³/mol. The van der Waals surface area contributed by atoms with E-state index in [-0.39, 0.29) is 35.9 Å². The lowest BCUT2D eigenvalue weighted by atomic mass is 10.0. The number of amides is 3. The zero-order chi connectivity index (χ0) is 28.4. The number of aromatic nitrogens is 2. The predicted octanol–water partition coefficient (Wildman–Crippen LogP) is 4.58. The summed E-state index contributed by atoms with van der Waals surface area (Å²) in [7, 11) is 3.08. The zero-order valence-electron chi connectivity index (χ0n) is 23.4. The Morgan fingerprint density at radius 2 is 1.76 bits per heavy atom. The van der Waals surface area contributed by atoms with Crippen LogP contribution in [0.15, 0.2) is 35.5 Å². The van der Waals surface area contributed by atoms with Crippen molar-refractivity contribution in [2.75, 3.05) is 35.4 Å². The van der Waals surface area contributed by atoms with Crippen LogP contribution >= 0.6 is 11.8 Å². The molecule has 0 radical (unpaired) electrons. The van der Waals surface area contributed by atoms with Gasteiger partial charge in [-0.25, -0.2) is 19.6 Å². The molecule has 10 nitrogen and oxygen atoms in total. The fourth-order valence-corrected chi connectivity index (χ4v) is 4.50. The molecule has 2 aromatic rings. The maximum Gasteiger partial charge on any atom is 0.329 e. The number of anilines is 3. The third-order valence-electron chi connectivity index (χ3n) is 5.61. The number of benzene rings is 1. The Balaban J connectivity index is 2.52. The van der Waals surface area contributed by atoms with E-state index in [1.165, 1.54) is 33.5 Å². The van der Waals surface area contributed by atoms with Crippen molar-refractivity contribution in [2.45, 2.75) is 71.3 Å². The average Bonchev–Trinajstić information content (AvgIpc) is 2.87. The first-order valence-electron chi connectivity index (χ1n) is 12.8. The number of esters is 1. The van der Waals surface area contributed by atoms with Crippen LogP contribution in [0.25, 0.3) is 0 Å². The van der Waals surface area contributed by atoms with Crippen molar-refractivity contribution in [3.05, 3.63) is 35.9 Å². The van der Waals surface area contributed by atoms with Gasteiger partial charge in [0.15, 0.2) is 16.8 Å². The number of ether oxygens (including phenoxy) is 1. The lowest BCUT2D eigenvalue weighted by Gasteiger charge is -2.33. The summed E-state index contributed by atoms with van der Waals surface area (Å²) in [6, 6.07) is 8.14. The van der Waals surface area contributed by atoms with Crippen LogP contribution in [0.4, 0.5) is 22.1 Å². The first kappa shape index (κ1) is 30.9. The first-order valence-corrected chi connectivity index (χ1v) is 13.8. The smallest absolute Gasteiger partial charge is 0.329 e. The fraction of sp³-hybridized carbons (Fsp3) is 0.519. The van der Waals surface area contributed by atoms with E-state index in [0.717, 1.165) is 17.7 Å². The van der Waals surface area contributed by atoms with Crippen LogP contribution in [-0.4, -0.2) is 65.3 Å².